The van der Waals surface area contributed by atoms with Crippen LogP contribution in [0.5, 0.6) is 0 Å². The van der Waals surface area contributed by atoms with E-state index in [0.717, 1.165) is 31.2 Å². The van der Waals surface area contributed by atoms with E-state index in [-0.39, 0.29) is 23.1 Å². The van der Waals surface area contributed by atoms with Crippen LogP contribution in [0.25, 0.3) is 10.8 Å². The highest BCUT2D eigenvalue weighted by molar-refractivity contribution is 7.14. The molecule has 0 bridgehead atoms. The van der Waals surface area contributed by atoms with Crippen LogP contribution in [-0.2, 0) is 13.1 Å². The summed E-state index contributed by atoms with van der Waals surface area (Å²) in [5.74, 6) is 0.686. The van der Waals surface area contributed by atoms with Crippen LogP contribution in [0.4, 0.5) is 5.13 Å². The Morgan fingerprint density at radius 1 is 1.23 bits per heavy atom. The number of carbonyl (C=O) groups is 1. The average molecular weight is 440 g/mol. The highest BCUT2D eigenvalue weighted by Gasteiger charge is 2.20. The number of fused-ring (bicyclic) bond motifs is 1. The fourth-order valence-electron chi connectivity index (χ4n) is 3.92. The Morgan fingerprint density at radius 2 is 1.94 bits per heavy atom. The van der Waals surface area contributed by atoms with Crippen LogP contribution in [0.1, 0.15) is 49.8 Å². The molecule has 0 aliphatic carbocycles. The number of amides is 1. The Labute approximate surface area is 186 Å². The first kappa shape index (κ1) is 21.6. The zero-order chi connectivity index (χ0) is 22.0. The topological polar surface area (TPSA) is 80.1 Å². The number of hydrogen-bond donors (Lipinski definition) is 1. The molecular formula is C23H29N5O2S. The molecule has 1 aliphatic rings. The Kier molecular flexibility index (Phi) is 6.48. The molecule has 1 saturated heterocycles. The lowest BCUT2D eigenvalue weighted by molar-refractivity contribution is 0.102. The molecule has 8 heteroatoms. The van der Waals surface area contributed by atoms with Crippen LogP contribution >= 0.6 is 11.3 Å². The van der Waals surface area contributed by atoms with Gasteiger partial charge in [-0.2, -0.15) is 5.10 Å². The highest BCUT2D eigenvalue weighted by Crippen LogP contribution is 2.22. The van der Waals surface area contributed by atoms with Crippen molar-refractivity contribution in [2.24, 2.45) is 11.8 Å². The lowest BCUT2D eigenvalue weighted by Gasteiger charge is -2.29. The van der Waals surface area contributed by atoms with E-state index in [1.165, 1.54) is 28.9 Å². The van der Waals surface area contributed by atoms with Crippen LogP contribution in [0.15, 0.2) is 34.4 Å². The van der Waals surface area contributed by atoms with Gasteiger partial charge in [0, 0.05) is 23.9 Å². The van der Waals surface area contributed by atoms with E-state index in [4.69, 9.17) is 0 Å². The molecule has 0 spiro atoms. The zero-order valence-corrected chi connectivity index (χ0v) is 19.1. The predicted molar refractivity (Wildman–Crippen MR) is 125 cm³/mol. The fourth-order valence-corrected chi connectivity index (χ4v) is 4.61. The van der Waals surface area contributed by atoms with Crippen molar-refractivity contribution in [1.82, 2.24) is 19.7 Å². The number of nitrogens with zero attached hydrogens (tertiary/aromatic N) is 4. The largest absolute Gasteiger partial charge is 0.297 e. The molecule has 0 atom stereocenters. The van der Waals surface area contributed by atoms with Gasteiger partial charge in [-0.1, -0.05) is 39.0 Å². The maximum Gasteiger partial charge on any atom is 0.278 e. The summed E-state index contributed by atoms with van der Waals surface area (Å²) >= 11 is 1.42. The van der Waals surface area contributed by atoms with Crippen LogP contribution in [-0.4, -0.2) is 38.7 Å². The minimum atomic E-state index is -0.346. The first-order chi connectivity index (χ1) is 14.9. The van der Waals surface area contributed by atoms with Crippen molar-refractivity contribution < 1.29 is 4.79 Å². The number of thiazole rings is 1. The van der Waals surface area contributed by atoms with Crippen molar-refractivity contribution in [3.63, 3.8) is 0 Å². The molecule has 4 rings (SSSR count). The molecule has 0 radical (unpaired) electrons. The van der Waals surface area contributed by atoms with E-state index in [0.29, 0.717) is 22.4 Å². The highest BCUT2D eigenvalue weighted by atomic mass is 32.1. The van der Waals surface area contributed by atoms with Gasteiger partial charge in [-0.3, -0.25) is 19.8 Å². The first-order valence-corrected chi connectivity index (χ1v) is 11.8. The third-order valence-corrected chi connectivity index (χ3v) is 6.46. The smallest absolute Gasteiger partial charge is 0.278 e. The third kappa shape index (κ3) is 5.02. The molecule has 3 aromatic rings. The van der Waals surface area contributed by atoms with Gasteiger partial charge >= 0.3 is 0 Å². The second kappa shape index (κ2) is 9.28. The summed E-state index contributed by atoms with van der Waals surface area (Å²) < 4.78 is 1.40. The predicted octanol–water partition coefficient (Wildman–Crippen LogP) is 3.99. The number of aromatic nitrogens is 3. The Morgan fingerprint density at radius 3 is 2.65 bits per heavy atom. The SMILES string of the molecule is CC(C)Cn1nc(C(=O)Nc2nc(CN3CCC(C)CC3)cs2)c2ccccc2c1=O. The Balaban J connectivity index is 1.54. The van der Waals surface area contributed by atoms with Crippen molar-refractivity contribution in [1.29, 1.82) is 0 Å². The Hall–Kier alpha value is -2.58. The van der Waals surface area contributed by atoms with Gasteiger partial charge in [-0.15, -0.1) is 11.3 Å². The summed E-state index contributed by atoms with van der Waals surface area (Å²) in [6.45, 7) is 9.78. The van der Waals surface area contributed by atoms with Gasteiger partial charge in [-0.05, 0) is 43.8 Å². The second-order valence-corrected chi connectivity index (χ2v) is 9.69. The quantitative estimate of drug-likeness (QED) is 0.628. The standard InChI is InChI=1S/C23H29N5O2S/c1-15(2)12-28-22(30)19-7-5-4-6-18(19)20(26-28)21(29)25-23-24-17(14-31-23)13-27-10-8-16(3)9-11-27/h4-7,14-16H,8-13H2,1-3H3,(H,24,25,29). The van der Waals surface area contributed by atoms with Gasteiger partial charge in [0.25, 0.3) is 11.5 Å². The van der Waals surface area contributed by atoms with E-state index in [2.05, 4.69) is 27.2 Å². The van der Waals surface area contributed by atoms with E-state index in [1.807, 2.05) is 25.3 Å². The van der Waals surface area contributed by atoms with E-state index < -0.39 is 0 Å². The summed E-state index contributed by atoms with van der Waals surface area (Å²) in [7, 11) is 0. The van der Waals surface area contributed by atoms with Crippen LogP contribution in [0.2, 0.25) is 0 Å². The van der Waals surface area contributed by atoms with Gasteiger partial charge in [0.2, 0.25) is 0 Å². The molecule has 1 fully saturated rings. The number of nitrogens with one attached hydrogen (secondary N) is 1. The molecule has 2 aromatic heterocycles. The van der Waals surface area contributed by atoms with Crippen LogP contribution in [0, 0.1) is 11.8 Å². The van der Waals surface area contributed by atoms with Crippen LogP contribution in [0.3, 0.4) is 0 Å². The van der Waals surface area contributed by atoms with Gasteiger partial charge < -0.3 is 0 Å². The summed E-state index contributed by atoms with van der Waals surface area (Å²) in [4.78, 5) is 32.9. The Bertz CT molecular complexity index is 1130. The lowest BCUT2D eigenvalue weighted by atomic mass is 9.99. The second-order valence-electron chi connectivity index (χ2n) is 8.83. The van der Waals surface area contributed by atoms with Crippen molar-refractivity contribution >= 4 is 33.1 Å². The molecular weight excluding hydrogens is 410 g/mol. The zero-order valence-electron chi connectivity index (χ0n) is 18.3. The molecule has 1 N–H and O–H groups in total. The minimum absolute atomic E-state index is 0.173. The van der Waals surface area contributed by atoms with Crippen molar-refractivity contribution in [2.45, 2.75) is 46.7 Å². The molecule has 31 heavy (non-hydrogen) atoms. The number of anilines is 1. The molecule has 7 nitrogen and oxygen atoms in total. The molecule has 0 saturated carbocycles. The third-order valence-electron chi connectivity index (χ3n) is 5.65. The van der Waals surface area contributed by atoms with Crippen molar-refractivity contribution in [2.75, 3.05) is 18.4 Å². The molecule has 3 heterocycles. The fraction of sp³-hybridized carbons (Fsp3) is 0.478. The first-order valence-electron chi connectivity index (χ1n) is 10.9. The van der Waals surface area contributed by atoms with Crippen LogP contribution < -0.4 is 10.9 Å². The van der Waals surface area contributed by atoms with E-state index in [1.54, 1.807) is 18.2 Å². The average Bonchev–Trinajstić information content (AvgIpc) is 3.18. The summed E-state index contributed by atoms with van der Waals surface area (Å²) in [6, 6.07) is 7.13. The number of benzene rings is 1. The lowest BCUT2D eigenvalue weighted by Crippen LogP contribution is -2.32. The summed E-state index contributed by atoms with van der Waals surface area (Å²) in [5.41, 5.74) is 1.04. The number of likely N-dealkylation sites (tertiary alicyclic amines) is 1. The molecule has 164 valence electrons. The molecule has 0 unspecified atom stereocenters. The maximum absolute atomic E-state index is 13.1. The number of piperidine rings is 1. The summed E-state index contributed by atoms with van der Waals surface area (Å²) in [6.07, 6.45) is 2.44. The summed E-state index contributed by atoms with van der Waals surface area (Å²) in [5, 5.41) is 10.9. The van der Waals surface area contributed by atoms with Gasteiger partial charge in [0.1, 0.15) is 0 Å². The molecule has 1 amide bonds. The van der Waals surface area contributed by atoms with E-state index in [9.17, 15) is 9.59 Å². The maximum atomic E-state index is 13.1. The van der Waals surface area contributed by atoms with Gasteiger partial charge in [-0.25, -0.2) is 9.67 Å². The van der Waals surface area contributed by atoms with Gasteiger partial charge in [0.05, 0.1) is 11.1 Å². The molecule has 1 aliphatic heterocycles. The normalized spacial score (nSPS) is 15.6. The molecule has 1 aromatic carbocycles. The number of carbonyl (C=O) groups excluding carboxylic acids is 1. The van der Waals surface area contributed by atoms with Gasteiger partial charge in [0.15, 0.2) is 10.8 Å². The number of hydrogen-bond acceptors (Lipinski definition) is 6. The van der Waals surface area contributed by atoms with Crippen molar-refractivity contribution in [3.8, 4) is 0 Å². The monoisotopic (exact) mass is 439 g/mol. The number of rotatable bonds is 6. The minimum Gasteiger partial charge on any atom is -0.297 e. The van der Waals surface area contributed by atoms with Crippen molar-refractivity contribution in [3.05, 3.63) is 51.4 Å². The van der Waals surface area contributed by atoms with E-state index >= 15 is 0 Å².